The summed E-state index contributed by atoms with van der Waals surface area (Å²) >= 11 is 8.65. The van der Waals surface area contributed by atoms with Crippen molar-refractivity contribution in [2.45, 2.75) is 0 Å². The maximum absolute atomic E-state index is 8.71. The summed E-state index contributed by atoms with van der Waals surface area (Å²) in [7, 11) is -1.57. The lowest BCUT2D eigenvalue weighted by atomic mass is 9.82. The summed E-state index contributed by atoms with van der Waals surface area (Å²) in [6.07, 6.45) is 0. The van der Waals surface area contributed by atoms with Crippen molar-refractivity contribution in [1.82, 2.24) is 4.98 Å². The Balaban J connectivity index is 3.09. The molecule has 0 aliphatic carbocycles. The van der Waals surface area contributed by atoms with Gasteiger partial charge >= 0.3 is 7.12 Å². The predicted molar refractivity (Wildman–Crippen MR) is 46.8 cm³/mol. The topological polar surface area (TPSA) is 53.4 Å². The van der Waals surface area contributed by atoms with Gasteiger partial charge in [0.1, 0.15) is 9.76 Å². The summed E-state index contributed by atoms with van der Waals surface area (Å²) in [4.78, 5) is 3.76. The zero-order valence-electron chi connectivity index (χ0n) is 5.33. The maximum Gasteiger partial charge on any atom is 0.491 e. The van der Waals surface area contributed by atoms with E-state index in [9.17, 15) is 0 Å². The fraction of sp³-hybridized carbons (Fsp3) is 0. The molecule has 0 aliphatic heterocycles. The molecule has 0 saturated carbocycles. The van der Waals surface area contributed by atoms with Crippen molar-refractivity contribution >= 4 is 40.1 Å². The van der Waals surface area contributed by atoms with E-state index in [1.54, 1.807) is 6.07 Å². The number of hydrogen-bond acceptors (Lipinski definition) is 3. The van der Waals surface area contributed by atoms with Gasteiger partial charge in [-0.15, -0.1) is 0 Å². The van der Waals surface area contributed by atoms with Crippen LogP contribution >= 0.6 is 27.5 Å². The van der Waals surface area contributed by atoms with Gasteiger partial charge in [0.15, 0.2) is 0 Å². The molecule has 0 bridgehead atoms. The van der Waals surface area contributed by atoms with Crippen LogP contribution in [-0.4, -0.2) is 22.2 Å². The second-order valence-electron chi connectivity index (χ2n) is 1.89. The Morgan fingerprint density at radius 3 is 2.55 bits per heavy atom. The number of pyridine rings is 1. The molecule has 1 heterocycles. The van der Waals surface area contributed by atoms with Crippen molar-refractivity contribution in [3.8, 4) is 0 Å². The molecule has 0 amide bonds. The van der Waals surface area contributed by atoms with Crippen molar-refractivity contribution in [2.24, 2.45) is 0 Å². The Kier molecular flexibility index (Phi) is 2.89. The summed E-state index contributed by atoms with van der Waals surface area (Å²) in [5, 5.41) is 17.5. The predicted octanol–water partition coefficient (Wildman–Crippen LogP) is 0.177. The van der Waals surface area contributed by atoms with E-state index in [1.165, 1.54) is 6.07 Å². The molecule has 1 aromatic rings. The first kappa shape index (κ1) is 9.00. The van der Waals surface area contributed by atoms with E-state index in [4.69, 9.17) is 21.6 Å². The highest BCUT2D eigenvalue weighted by Crippen LogP contribution is 2.08. The van der Waals surface area contributed by atoms with Crippen LogP contribution in [0, 0.1) is 0 Å². The van der Waals surface area contributed by atoms with Gasteiger partial charge in [0.25, 0.3) is 0 Å². The molecule has 6 heteroatoms. The van der Waals surface area contributed by atoms with Crippen LogP contribution in [0.1, 0.15) is 0 Å². The molecular formula is C5H4BBrClNO2. The Labute approximate surface area is 77.3 Å². The summed E-state index contributed by atoms with van der Waals surface area (Å²) in [6.45, 7) is 0. The van der Waals surface area contributed by atoms with Crippen LogP contribution < -0.4 is 5.46 Å². The van der Waals surface area contributed by atoms with E-state index in [1.807, 2.05) is 0 Å². The van der Waals surface area contributed by atoms with Gasteiger partial charge in [-0.25, -0.2) is 4.98 Å². The van der Waals surface area contributed by atoms with Crippen molar-refractivity contribution in [2.75, 3.05) is 0 Å². The Hall–Kier alpha value is -0.0951. The fourth-order valence-electron chi connectivity index (χ4n) is 0.615. The number of nitrogens with zero attached hydrogens (tertiary/aromatic N) is 1. The second-order valence-corrected chi connectivity index (χ2v) is 3.06. The third-order valence-electron chi connectivity index (χ3n) is 1.12. The zero-order valence-corrected chi connectivity index (χ0v) is 7.67. The van der Waals surface area contributed by atoms with Crippen LogP contribution in [0.4, 0.5) is 0 Å². The molecule has 0 aromatic carbocycles. The second kappa shape index (κ2) is 3.54. The molecule has 58 valence electrons. The van der Waals surface area contributed by atoms with Crippen LogP contribution in [-0.2, 0) is 0 Å². The monoisotopic (exact) mass is 235 g/mol. The smallest absolute Gasteiger partial charge is 0.423 e. The fourth-order valence-corrected chi connectivity index (χ4v) is 1.28. The third kappa shape index (κ3) is 2.17. The average Bonchev–Trinajstić information content (AvgIpc) is 1.85. The summed E-state index contributed by atoms with van der Waals surface area (Å²) < 4.78 is 0.562. The van der Waals surface area contributed by atoms with E-state index in [2.05, 4.69) is 20.9 Å². The SMILES string of the molecule is OB(O)c1ccc(Br)nc1Cl. The van der Waals surface area contributed by atoms with E-state index in [0.29, 0.717) is 4.60 Å². The van der Waals surface area contributed by atoms with E-state index >= 15 is 0 Å². The molecule has 0 saturated heterocycles. The van der Waals surface area contributed by atoms with E-state index in [-0.39, 0.29) is 10.6 Å². The van der Waals surface area contributed by atoms with E-state index < -0.39 is 7.12 Å². The minimum atomic E-state index is -1.57. The zero-order chi connectivity index (χ0) is 8.43. The normalized spacial score (nSPS) is 9.82. The highest BCUT2D eigenvalue weighted by molar-refractivity contribution is 9.10. The van der Waals surface area contributed by atoms with Crippen LogP contribution in [0.25, 0.3) is 0 Å². The standard InChI is InChI=1S/C5H4BBrClNO2/c7-4-2-1-3(6(10)11)5(8)9-4/h1-2,10-11H. The molecule has 3 nitrogen and oxygen atoms in total. The van der Waals surface area contributed by atoms with Crippen molar-refractivity contribution in [3.05, 3.63) is 21.9 Å². The van der Waals surface area contributed by atoms with Crippen molar-refractivity contribution < 1.29 is 10.0 Å². The quantitative estimate of drug-likeness (QED) is 0.540. The highest BCUT2D eigenvalue weighted by atomic mass is 79.9. The Bertz CT molecular complexity index is 271. The minimum Gasteiger partial charge on any atom is -0.423 e. The van der Waals surface area contributed by atoms with Gasteiger partial charge in [-0.3, -0.25) is 0 Å². The Morgan fingerprint density at radius 1 is 1.45 bits per heavy atom. The first-order chi connectivity index (χ1) is 5.11. The van der Waals surface area contributed by atoms with Gasteiger partial charge in [-0.05, 0) is 22.0 Å². The van der Waals surface area contributed by atoms with Crippen LogP contribution in [0.3, 0.4) is 0 Å². The summed E-state index contributed by atoms with van der Waals surface area (Å²) in [5.74, 6) is 0. The molecule has 0 radical (unpaired) electrons. The van der Waals surface area contributed by atoms with Gasteiger partial charge in [0, 0.05) is 5.46 Å². The van der Waals surface area contributed by atoms with Crippen molar-refractivity contribution in [1.29, 1.82) is 0 Å². The number of aromatic nitrogens is 1. The van der Waals surface area contributed by atoms with Crippen LogP contribution in [0.2, 0.25) is 5.15 Å². The molecule has 0 spiro atoms. The minimum absolute atomic E-state index is 0.0920. The molecule has 0 fully saturated rings. The molecule has 2 N–H and O–H groups in total. The lowest BCUT2D eigenvalue weighted by Crippen LogP contribution is -2.31. The lowest BCUT2D eigenvalue weighted by Gasteiger charge is -2.00. The molecule has 1 rings (SSSR count). The van der Waals surface area contributed by atoms with Crippen LogP contribution in [0.15, 0.2) is 16.7 Å². The molecule has 0 unspecified atom stereocenters. The first-order valence-corrected chi connectivity index (χ1v) is 3.96. The Morgan fingerprint density at radius 2 is 2.09 bits per heavy atom. The van der Waals surface area contributed by atoms with E-state index in [0.717, 1.165) is 0 Å². The summed E-state index contributed by atoms with van der Waals surface area (Å²) in [6, 6.07) is 3.07. The molecule has 11 heavy (non-hydrogen) atoms. The number of hydrogen-bond donors (Lipinski definition) is 2. The number of halogens is 2. The third-order valence-corrected chi connectivity index (χ3v) is 1.87. The van der Waals surface area contributed by atoms with Gasteiger partial charge in [-0.1, -0.05) is 17.7 Å². The van der Waals surface area contributed by atoms with Crippen LogP contribution in [0.5, 0.6) is 0 Å². The largest absolute Gasteiger partial charge is 0.491 e. The molecular weight excluding hydrogens is 232 g/mol. The maximum atomic E-state index is 8.71. The van der Waals surface area contributed by atoms with Crippen molar-refractivity contribution in [3.63, 3.8) is 0 Å². The molecule has 0 atom stereocenters. The molecule has 0 aliphatic rings. The van der Waals surface area contributed by atoms with Gasteiger partial charge < -0.3 is 10.0 Å². The van der Waals surface area contributed by atoms with Gasteiger partial charge in [0.2, 0.25) is 0 Å². The average molecular weight is 236 g/mol. The first-order valence-electron chi connectivity index (χ1n) is 2.79. The highest BCUT2D eigenvalue weighted by Gasteiger charge is 2.15. The molecule has 1 aromatic heterocycles. The van der Waals surface area contributed by atoms with Gasteiger partial charge in [-0.2, -0.15) is 0 Å². The summed E-state index contributed by atoms with van der Waals surface area (Å²) in [5.41, 5.74) is 0.204. The lowest BCUT2D eigenvalue weighted by molar-refractivity contribution is 0.425. The number of rotatable bonds is 1. The van der Waals surface area contributed by atoms with Gasteiger partial charge in [0.05, 0.1) is 0 Å².